The molecule has 0 unspecified atom stereocenters. The van der Waals surface area contributed by atoms with Crippen LogP contribution in [0.1, 0.15) is 52.7 Å². The highest BCUT2D eigenvalue weighted by Gasteiger charge is 2.32. The average molecular weight is 327 g/mol. The Bertz CT molecular complexity index is 922. The Labute approximate surface area is 137 Å². The van der Waals surface area contributed by atoms with Gasteiger partial charge in [-0.25, -0.2) is 0 Å². The Morgan fingerprint density at radius 2 is 2.08 bits per heavy atom. The molecule has 3 N–H and O–H groups in total. The molecule has 0 aliphatic carbocycles. The molecule has 0 atom stereocenters. The maximum Gasteiger partial charge on any atom is 0.309 e. The normalized spacial score (nSPS) is 14.0. The van der Waals surface area contributed by atoms with E-state index in [1.54, 1.807) is 18.2 Å². The van der Waals surface area contributed by atoms with Gasteiger partial charge in [-0.1, -0.05) is 6.07 Å². The Morgan fingerprint density at radius 1 is 1.38 bits per heavy atom. The lowest BCUT2D eigenvalue weighted by molar-refractivity contribution is -0.135. The van der Waals surface area contributed by atoms with E-state index in [2.05, 4.69) is 4.99 Å². The molecular weight excluding hydrogens is 310 g/mol. The number of carbonyl (C=O) groups is 3. The van der Waals surface area contributed by atoms with Gasteiger partial charge in [-0.15, -0.1) is 0 Å². The van der Waals surface area contributed by atoms with Gasteiger partial charge in [0.2, 0.25) is 5.91 Å². The van der Waals surface area contributed by atoms with Gasteiger partial charge in [-0.3, -0.25) is 19.4 Å². The second kappa shape index (κ2) is 5.59. The van der Waals surface area contributed by atoms with E-state index in [-0.39, 0.29) is 30.4 Å². The number of rotatable bonds is 4. The minimum Gasteiger partial charge on any atom is -0.481 e. The summed E-state index contributed by atoms with van der Waals surface area (Å²) in [5.74, 6) is -1.89. The van der Waals surface area contributed by atoms with Gasteiger partial charge in [-0.05, 0) is 26.0 Å². The fourth-order valence-corrected chi connectivity index (χ4v) is 3.26. The predicted octanol–water partition coefficient (Wildman–Crippen LogP) is 1.78. The Balaban J connectivity index is 2.47. The van der Waals surface area contributed by atoms with E-state index in [9.17, 15) is 14.4 Å². The second-order valence-electron chi connectivity index (χ2n) is 6.01. The smallest absolute Gasteiger partial charge is 0.309 e. The van der Waals surface area contributed by atoms with Crippen molar-refractivity contribution < 1.29 is 19.5 Å². The number of fused-ring (bicyclic) bond motifs is 3. The number of aliphatic imine (C=N–C) groups is 1. The van der Waals surface area contributed by atoms with E-state index < -0.39 is 11.9 Å². The maximum absolute atomic E-state index is 12.5. The zero-order valence-electron chi connectivity index (χ0n) is 13.4. The predicted molar refractivity (Wildman–Crippen MR) is 88.8 cm³/mol. The Hall–Kier alpha value is -2.96. The van der Waals surface area contributed by atoms with Gasteiger partial charge >= 0.3 is 5.97 Å². The summed E-state index contributed by atoms with van der Waals surface area (Å²) in [5, 5.41) is 9.64. The van der Waals surface area contributed by atoms with E-state index in [0.717, 1.165) is 0 Å². The summed E-state index contributed by atoms with van der Waals surface area (Å²) in [7, 11) is 0. The molecule has 2 heterocycles. The number of aliphatic carboxylic acids is 1. The zero-order valence-corrected chi connectivity index (χ0v) is 13.4. The van der Waals surface area contributed by atoms with Crippen molar-refractivity contribution >= 4 is 34.3 Å². The number of carbonyl (C=O) groups excluding carboxylic acids is 2. The van der Waals surface area contributed by atoms with Gasteiger partial charge in [0, 0.05) is 17.0 Å². The van der Waals surface area contributed by atoms with Crippen molar-refractivity contribution in [3.05, 3.63) is 35.0 Å². The molecule has 0 saturated carbocycles. The molecule has 1 aromatic heterocycles. The molecule has 0 saturated heterocycles. The molecule has 3 rings (SSSR count). The first-order valence-electron chi connectivity index (χ1n) is 7.58. The molecule has 7 nitrogen and oxygen atoms in total. The fraction of sp³-hybridized carbons (Fsp3) is 0.294. The van der Waals surface area contributed by atoms with Crippen molar-refractivity contribution in [3.8, 4) is 0 Å². The number of nitrogens with two attached hydrogens (primary N) is 1. The monoisotopic (exact) mass is 327 g/mol. The number of aromatic nitrogens is 1. The molecule has 1 aliphatic rings. The molecule has 2 aromatic rings. The maximum atomic E-state index is 12.5. The van der Waals surface area contributed by atoms with Crippen molar-refractivity contribution in [2.24, 2.45) is 10.7 Å². The van der Waals surface area contributed by atoms with Crippen LogP contribution in [0, 0.1) is 0 Å². The molecule has 1 aliphatic heterocycles. The Morgan fingerprint density at radius 3 is 2.67 bits per heavy atom. The summed E-state index contributed by atoms with van der Waals surface area (Å²) in [4.78, 5) is 39.7. The van der Waals surface area contributed by atoms with Crippen molar-refractivity contribution in [2.75, 3.05) is 6.54 Å². The van der Waals surface area contributed by atoms with Crippen molar-refractivity contribution in [2.45, 2.75) is 26.3 Å². The van der Waals surface area contributed by atoms with Crippen LogP contribution in [0.25, 0.3) is 10.9 Å². The average Bonchev–Trinajstić information content (AvgIpc) is 2.85. The molecular formula is C17H17N3O4. The first-order chi connectivity index (χ1) is 11.3. The number of hydrogen-bond acceptors (Lipinski definition) is 4. The topological polar surface area (TPSA) is 115 Å². The van der Waals surface area contributed by atoms with Gasteiger partial charge in [0.25, 0.3) is 0 Å². The van der Waals surface area contributed by atoms with Crippen LogP contribution in [0.4, 0.5) is 0 Å². The molecule has 0 fully saturated rings. The number of Topliss-reactive ketones (excluding diaryl/α,β-unsaturated/α-hetero) is 1. The van der Waals surface area contributed by atoms with Gasteiger partial charge in [0.15, 0.2) is 5.78 Å². The van der Waals surface area contributed by atoms with Crippen LogP contribution in [0.2, 0.25) is 0 Å². The molecule has 0 spiro atoms. The molecule has 1 aromatic carbocycles. The summed E-state index contributed by atoms with van der Waals surface area (Å²) in [5.41, 5.74) is 7.58. The van der Waals surface area contributed by atoms with Gasteiger partial charge in [0.05, 0.1) is 28.9 Å². The minimum absolute atomic E-state index is 0.0516. The minimum atomic E-state index is -1.02. The SMILES string of the molecule is CC(C)n1c2c(c3c(C(N)=O)cccc31)C(=O)CN=C2CC(=O)O. The highest BCUT2D eigenvalue weighted by atomic mass is 16.4. The lowest BCUT2D eigenvalue weighted by Gasteiger charge is -2.18. The number of primary amides is 1. The number of ketones is 1. The largest absolute Gasteiger partial charge is 0.481 e. The summed E-state index contributed by atoms with van der Waals surface area (Å²) in [6.07, 6.45) is -0.283. The van der Waals surface area contributed by atoms with Gasteiger partial charge < -0.3 is 15.4 Å². The van der Waals surface area contributed by atoms with Crippen LogP contribution >= 0.6 is 0 Å². The van der Waals surface area contributed by atoms with E-state index in [1.807, 2.05) is 18.4 Å². The van der Waals surface area contributed by atoms with Crippen LogP contribution in [-0.4, -0.2) is 39.6 Å². The van der Waals surface area contributed by atoms with Gasteiger partial charge in [0.1, 0.15) is 6.54 Å². The van der Waals surface area contributed by atoms with Crippen LogP contribution < -0.4 is 5.73 Å². The second-order valence-corrected chi connectivity index (χ2v) is 6.01. The van der Waals surface area contributed by atoms with Crippen LogP contribution in [0.3, 0.4) is 0 Å². The third-order valence-electron chi connectivity index (χ3n) is 4.10. The van der Waals surface area contributed by atoms with E-state index in [4.69, 9.17) is 10.8 Å². The van der Waals surface area contributed by atoms with E-state index in [1.165, 1.54) is 0 Å². The molecule has 24 heavy (non-hydrogen) atoms. The van der Waals surface area contributed by atoms with Crippen LogP contribution in [0.5, 0.6) is 0 Å². The molecule has 7 heteroatoms. The van der Waals surface area contributed by atoms with E-state index >= 15 is 0 Å². The summed E-state index contributed by atoms with van der Waals surface area (Å²) >= 11 is 0. The summed E-state index contributed by atoms with van der Waals surface area (Å²) < 4.78 is 1.86. The lowest BCUT2D eigenvalue weighted by Crippen LogP contribution is -2.24. The van der Waals surface area contributed by atoms with Crippen molar-refractivity contribution in [3.63, 3.8) is 0 Å². The molecule has 0 radical (unpaired) electrons. The first kappa shape index (κ1) is 15.9. The van der Waals surface area contributed by atoms with Crippen molar-refractivity contribution in [1.82, 2.24) is 4.57 Å². The van der Waals surface area contributed by atoms with E-state index in [0.29, 0.717) is 27.9 Å². The third-order valence-corrected chi connectivity index (χ3v) is 4.10. The number of carboxylic acids is 1. The van der Waals surface area contributed by atoms with Crippen LogP contribution in [-0.2, 0) is 4.79 Å². The van der Waals surface area contributed by atoms with Crippen molar-refractivity contribution in [1.29, 1.82) is 0 Å². The summed E-state index contributed by atoms with van der Waals surface area (Å²) in [6.45, 7) is 3.72. The lowest BCUT2D eigenvalue weighted by atomic mass is 9.96. The van der Waals surface area contributed by atoms with Crippen LogP contribution in [0.15, 0.2) is 23.2 Å². The number of benzene rings is 1. The third kappa shape index (κ3) is 2.29. The molecule has 1 amide bonds. The summed E-state index contributed by atoms with van der Waals surface area (Å²) in [6, 6.07) is 5.02. The fourth-order valence-electron chi connectivity index (χ4n) is 3.26. The first-order valence-corrected chi connectivity index (χ1v) is 7.58. The van der Waals surface area contributed by atoms with Gasteiger partial charge in [-0.2, -0.15) is 0 Å². The molecule has 124 valence electrons. The standard InChI is InChI=1S/C17H17N3O4/c1-8(2)20-11-5-3-4-9(17(18)24)14(11)15-12(21)7-19-10(16(15)20)6-13(22)23/h3-5,8H,6-7H2,1-2H3,(H2,18,24)(H,22,23). The highest BCUT2D eigenvalue weighted by Crippen LogP contribution is 2.35. The number of amides is 1. The number of nitrogens with zero attached hydrogens (tertiary/aromatic N) is 2. The zero-order chi connectivity index (χ0) is 17.6. The Kier molecular flexibility index (Phi) is 3.71. The number of carboxylic acid groups (broad SMARTS) is 1. The highest BCUT2D eigenvalue weighted by molar-refractivity contribution is 6.26. The number of hydrogen-bond donors (Lipinski definition) is 2. The quantitative estimate of drug-likeness (QED) is 0.890. The molecule has 0 bridgehead atoms.